The Morgan fingerprint density at radius 2 is 2.08 bits per heavy atom. The topological polar surface area (TPSA) is 37.3 Å². The summed E-state index contributed by atoms with van der Waals surface area (Å²) in [5.74, 6) is 0.191. The second-order valence-corrected chi connectivity index (χ2v) is 3.64. The zero-order chi connectivity index (χ0) is 9.42. The average Bonchev–Trinajstić information content (AvgIpc) is 2.15. The van der Waals surface area contributed by atoms with Crippen molar-refractivity contribution in [1.29, 1.82) is 0 Å². The van der Waals surface area contributed by atoms with E-state index in [1.54, 1.807) is 6.07 Å². The number of Topliss-reactive ketones (excluding diaryl/α,β-unsaturated/α-hetero) is 1. The Labute approximate surface area is 77.2 Å². The van der Waals surface area contributed by atoms with Gasteiger partial charge < -0.3 is 5.11 Å². The summed E-state index contributed by atoms with van der Waals surface area (Å²) < 4.78 is 0. The van der Waals surface area contributed by atoms with Crippen LogP contribution >= 0.6 is 0 Å². The predicted molar refractivity (Wildman–Crippen MR) is 49.5 cm³/mol. The molecule has 0 aromatic heterocycles. The molecule has 2 atom stereocenters. The molecular formula is C11H12O2. The van der Waals surface area contributed by atoms with Crippen molar-refractivity contribution in [3.8, 4) is 0 Å². The summed E-state index contributed by atoms with van der Waals surface area (Å²) in [5, 5.41) is 9.80. The van der Waals surface area contributed by atoms with Crippen molar-refractivity contribution in [3.63, 3.8) is 0 Å². The monoisotopic (exact) mass is 176 g/mol. The van der Waals surface area contributed by atoms with Crippen molar-refractivity contribution >= 4 is 5.78 Å². The second kappa shape index (κ2) is 2.96. The van der Waals surface area contributed by atoms with Gasteiger partial charge in [-0.3, -0.25) is 4.79 Å². The second-order valence-electron chi connectivity index (χ2n) is 3.64. The van der Waals surface area contributed by atoms with Crippen molar-refractivity contribution < 1.29 is 9.90 Å². The number of rotatable bonds is 0. The minimum Gasteiger partial charge on any atom is -0.388 e. The van der Waals surface area contributed by atoms with Gasteiger partial charge in [0.15, 0.2) is 5.78 Å². The fourth-order valence-electron chi connectivity index (χ4n) is 1.83. The zero-order valence-corrected chi connectivity index (χ0v) is 7.53. The smallest absolute Gasteiger partial charge is 0.163 e. The van der Waals surface area contributed by atoms with E-state index < -0.39 is 6.10 Å². The first kappa shape index (κ1) is 8.45. The van der Waals surface area contributed by atoms with Gasteiger partial charge in [0.25, 0.3) is 0 Å². The molecule has 2 heteroatoms. The number of hydrogen-bond acceptors (Lipinski definition) is 2. The number of aliphatic hydroxyl groups is 1. The molecule has 0 amide bonds. The molecule has 0 heterocycles. The summed E-state index contributed by atoms with van der Waals surface area (Å²) in [7, 11) is 0. The Bertz CT molecular complexity index is 344. The number of benzene rings is 1. The van der Waals surface area contributed by atoms with Crippen LogP contribution < -0.4 is 0 Å². The number of hydrogen-bond donors (Lipinski definition) is 1. The van der Waals surface area contributed by atoms with Crippen molar-refractivity contribution in [2.75, 3.05) is 0 Å². The molecule has 1 aromatic rings. The molecule has 2 rings (SSSR count). The van der Waals surface area contributed by atoms with Crippen LogP contribution in [0, 0.1) is 5.92 Å². The van der Waals surface area contributed by atoms with E-state index in [-0.39, 0.29) is 11.7 Å². The summed E-state index contributed by atoms with van der Waals surface area (Å²) in [6, 6.07) is 7.30. The van der Waals surface area contributed by atoms with Crippen LogP contribution in [0.25, 0.3) is 0 Å². The van der Waals surface area contributed by atoms with Gasteiger partial charge >= 0.3 is 0 Å². The molecule has 13 heavy (non-hydrogen) atoms. The van der Waals surface area contributed by atoms with E-state index in [1.807, 2.05) is 25.1 Å². The minimum atomic E-state index is -0.478. The molecule has 0 radical (unpaired) electrons. The fourth-order valence-corrected chi connectivity index (χ4v) is 1.83. The Balaban J connectivity index is 2.53. The highest BCUT2D eigenvalue weighted by molar-refractivity contribution is 5.98. The Morgan fingerprint density at radius 1 is 1.38 bits per heavy atom. The van der Waals surface area contributed by atoms with Crippen LogP contribution in [0.3, 0.4) is 0 Å². The third kappa shape index (κ3) is 1.27. The van der Waals surface area contributed by atoms with Crippen LogP contribution in [0.1, 0.15) is 35.4 Å². The normalized spacial score (nSPS) is 27.1. The molecule has 0 fully saturated rings. The molecule has 68 valence electrons. The molecule has 1 aromatic carbocycles. The third-order valence-corrected chi connectivity index (χ3v) is 2.63. The maximum Gasteiger partial charge on any atom is 0.163 e. The molecule has 1 aliphatic carbocycles. The number of carbonyl (C=O) groups is 1. The summed E-state index contributed by atoms with van der Waals surface area (Å²) >= 11 is 0. The van der Waals surface area contributed by atoms with E-state index in [0.717, 1.165) is 5.56 Å². The maximum absolute atomic E-state index is 11.5. The fraction of sp³-hybridized carbons (Fsp3) is 0.364. The molecule has 0 unspecified atom stereocenters. The SMILES string of the molecule is C[C@H]1CC(=O)c2ccccc2[C@@H]1O. The van der Waals surface area contributed by atoms with Gasteiger partial charge in [-0.1, -0.05) is 31.2 Å². The largest absolute Gasteiger partial charge is 0.388 e. The highest BCUT2D eigenvalue weighted by Crippen LogP contribution is 2.33. The van der Waals surface area contributed by atoms with Gasteiger partial charge in [-0.25, -0.2) is 0 Å². The van der Waals surface area contributed by atoms with Gasteiger partial charge in [-0.15, -0.1) is 0 Å². The van der Waals surface area contributed by atoms with Crippen molar-refractivity contribution in [3.05, 3.63) is 35.4 Å². The number of fused-ring (bicyclic) bond motifs is 1. The lowest BCUT2D eigenvalue weighted by atomic mass is 9.82. The van der Waals surface area contributed by atoms with Crippen molar-refractivity contribution in [1.82, 2.24) is 0 Å². The first-order chi connectivity index (χ1) is 6.20. The molecule has 0 saturated carbocycles. The standard InChI is InChI=1S/C11H12O2/c1-7-6-10(12)8-4-2-3-5-9(8)11(7)13/h2-5,7,11,13H,6H2,1H3/t7-,11+/m0/s1. The van der Waals surface area contributed by atoms with E-state index in [4.69, 9.17) is 0 Å². The van der Waals surface area contributed by atoms with Crippen molar-refractivity contribution in [2.45, 2.75) is 19.4 Å². The lowest BCUT2D eigenvalue weighted by molar-refractivity contribution is 0.0751. The molecule has 1 N–H and O–H groups in total. The third-order valence-electron chi connectivity index (χ3n) is 2.63. The molecular weight excluding hydrogens is 164 g/mol. The average molecular weight is 176 g/mol. The van der Waals surface area contributed by atoms with Gasteiger partial charge in [0.2, 0.25) is 0 Å². The number of carbonyl (C=O) groups excluding carboxylic acids is 1. The van der Waals surface area contributed by atoms with Crippen LogP contribution in [0.2, 0.25) is 0 Å². The van der Waals surface area contributed by atoms with E-state index in [1.165, 1.54) is 0 Å². The van der Waals surface area contributed by atoms with E-state index in [9.17, 15) is 9.90 Å². The van der Waals surface area contributed by atoms with Crippen LogP contribution in [0.15, 0.2) is 24.3 Å². The Hall–Kier alpha value is -1.15. The van der Waals surface area contributed by atoms with E-state index in [0.29, 0.717) is 12.0 Å². The summed E-state index contributed by atoms with van der Waals surface area (Å²) in [5.41, 5.74) is 1.47. The minimum absolute atomic E-state index is 0.0439. The van der Waals surface area contributed by atoms with E-state index >= 15 is 0 Å². The Kier molecular flexibility index (Phi) is 1.93. The van der Waals surface area contributed by atoms with Gasteiger partial charge in [0.05, 0.1) is 6.10 Å². The summed E-state index contributed by atoms with van der Waals surface area (Å²) in [4.78, 5) is 11.5. The molecule has 0 spiro atoms. The van der Waals surface area contributed by atoms with E-state index in [2.05, 4.69) is 0 Å². The molecule has 0 bridgehead atoms. The summed E-state index contributed by atoms with van der Waals surface area (Å²) in [6.07, 6.45) is -0.0213. The van der Waals surface area contributed by atoms with Crippen LogP contribution in [0.5, 0.6) is 0 Å². The predicted octanol–water partition coefficient (Wildman–Crippen LogP) is 1.94. The van der Waals surface area contributed by atoms with Gasteiger partial charge in [-0.2, -0.15) is 0 Å². The van der Waals surface area contributed by atoms with Gasteiger partial charge in [0, 0.05) is 12.0 Å². The lowest BCUT2D eigenvalue weighted by Gasteiger charge is -2.25. The Morgan fingerprint density at radius 3 is 2.85 bits per heavy atom. The molecule has 2 nitrogen and oxygen atoms in total. The van der Waals surface area contributed by atoms with Crippen LogP contribution in [0.4, 0.5) is 0 Å². The van der Waals surface area contributed by atoms with Crippen molar-refractivity contribution in [2.24, 2.45) is 5.92 Å². The highest BCUT2D eigenvalue weighted by atomic mass is 16.3. The molecule has 0 aliphatic heterocycles. The highest BCUT2D eigenvalue weighted by Gasteiger charge is 2.29. The zero-order valence-electron chi connectivity index (χ0n) is 7.53. The summed E-state index contributed by atoms with van der Waals surface area (Å²) in [6.45, 7) is 1.90. The van der Waals surface area contributed by atoms with Gasteiger partial charge in [0.1, 0.15) is 0 Å². The first-order valence-electron chi connectivity index (χ1n) is 4.50. The number of ketones is 1. The van der Waals surface area contributed by atoms with Crippen LogP contribution in [-0.4, -0.2) is 10.9 Å². The lowest BCUT2D eigenvalue weighted by Crippen LogP contribution is -2.22. The number of aliphatic hydroxyl groups excluding tert-OH is 1. The van der Waals surface area contributed by atoms with Gasteiger partial charge in [-0.05, 0) is 11.5 Å². The molecule has 0 saturated heterocycles. The van der Waals surface area contributed by atoms with Crippen LogP contribution in [-0.2, 0) is 0 Å². The quantitative estimate of drug-likeness (QED) is 0.656. The maximum atomic E-state index is 11.5. The first-order valence-corrected chi connectivity index (χ1v) is 4.50. The molecule has 1 aliphatic rings.